The van der Waals surface area contributed by atoms with E-state index >= 15 is 0 Å². The van der Waals surface area contributed by atoms with Crippen molar-refractivity contribution < 1.29 is 9.47 Å². The molecule has 2 aromatic rings. The third-order valence-corrected chi connectivity index (χ3v) is 2.68. The minimum Gasteiger partial charge on any atom is -0.493 e. The van der Waals surface area contributed by atoms with Gasteiger partial charge in [0.2, 0.25) is 0 Å². The lowest BCUT2D eigenvalue weighted by atomic mass is 10.0. The normalized spacial score (nSPS) is 10.3. The smallest absolute Gasteiger partial charge is 0.168 e. The highest BCUT2D eigenvalue weighted by molar-refractivity contribution is 5.80. The zero-order valence-electron chi connectivity index (χ0n) is 10.1. The lowest BCUT2D eigenvalue weighted by Crippen LogP contribution is -1.96. The lowest BCUT2D eigenvalue weighted by molar-refractivity contribution is 0.354. The van der Waals surface area contributed by atoms with Crippen molar-refractivity contribution in [2.45, 2.75) is 6.92 Å². The third-order valence-electron chi connectivity index (χ3n) is 2.68. The third kappa shape index (κ3) is 1.80. The van der Waals surface area contributed by atoms with Gasteiger partial charge >= 0.3 is 0 Å². The van der Waals surface area contributed by atoms with Gasteiger partial charge < -0.3 is 15.2 Å². The Labute approximate surface area is 99.5 Å². The van der Waals surface area contributed by atoms with Crippen LogP contribution in [0.15, 0.2) is 18.3 Å². The van der Waals surface area contributed by atoms with Crippen LogP contribution in [0, 0.1) is 6.92 Å². The van der Waals surface area contributed by atoms with Crippen molar-refractivity contribution in [2.75, 3.05) is 20.0 Å². The van der Waals surface area contributed by atoms with Gasteiger partial charge in [-0.1, -0.05) is 6.07 Å². The first-order chi connectivity index (χ1) is 8.19. The van der Waals surface area contributed by atoms with E-state index in [0.29, 0.717) is 17.3 Å². The molecule has 0 aliphatic heterocycles. The molecule has 3 N–H and O–H groups in total. The number of nitrogens with one attached hydrogen (secondary N) is 1. The Bertz CT molecular complexity index is 535. The zero-order valence-corrected chi connectivity index (χ0v) is 10.1. The van der Waals surface area contributed by atoms with Crippen LogP contribution < -0.4 is 15.2 Å². The van der Waals surface area contributed by atoms with Gasteiger partial charge in [0, 0.05) is 11.1 Å². The first kappa shape index (κ1) is 11.3. The molecular weight excluding hydrogens is 218 g/mol. The molecular formula is C12H15N3O2. The maximum Gasteiger partial charge on any atom is 0.168 e. The van der Waals surface area contributed by atoms with E-state index < -0.39 is 0 Å². The standard InChI is InChI=1S/C12H15N3O2/c1-7-4-5-8(9-6-14-15-12(9)13)11(17-3)10(7)16-2/h4-6H,1-3H3,(H3,13,14,15). The number of anilines is 1. The summed E-state index contributed by atoms with van der Waals surface area (Å²) in [5, 5.41) is 6.61. The Balaban J connectivity index is 2.67. The van der Waals surface area contributed by atoms with Crippen molar-refractivity contribution in [3.05, 3.63) is 23.9 Å². The van der Waals surface area contributed by atoms with Gasteiger partial charge in [-0.3, -0.25) is 5.10 Å². The van der Waals surface area contributed by atoms with E-state index in [1.165, 1.54) is 0 Å². The fourth-order valence-corrected chi connectivity index (χ4v) is 1.84. The lowest BCUT2D eigenvalue weighted by Gasteiger charge is -2.14. The molecule has 1 aromatic carbocycles. The number of rotatable bonds is 3. The van der Waals surface area contributed by atoms with E-state index in [-0.39, 0.29) is 0 Å². The average Bonchev–Trinajstić information content (AvgIpc) is 2.74. The number of benzene rings is 1. The summed E-state index contributed by atoms with van der Waals surface area (Å²) >= 11 is 0. The van der Waals surface area contributed by atoms with Gasteiger partial charge in [-0.2, -0.15) is 5.10 Å². The summed E-state index contributed by atoms with van der Waals surface area (Å²) in [5.41, 5.74) is 8.49. The summed E-state index contributed by atoms with van der Waals surface area (Å²) in [6, 6.07) is 3.90. The number of hydrogen-bond acceptors (Lipinski definition) is 4. The first-order valence-electron chi connectivity index (χ1n) is 5.19. The second-order valence-corrected chi connectivity index (χ2v) is 3.69. The second-order valence-electron chi connectivity index (χ2n) is 3.69. The molecule has 0 atom stereocenters. The van der Waals surface area contributed by atoms with Gasteiger partial charge in [-0.05, 0) is 18.6 Å². The van der Waals surface area contributed by atoms with Crippen LogP contribution in [0.25, 0.3) is 11.1 Å². The highest BCUT2D eigenvalue weighted by Gasteiger charge is 2.16. The fourth-order valence-electron chi connectivity index (χ4n) is 1.84. The number of ether oxygens (including phenoxy) is 2. The van der Waals surface area contributed by atoms with Gasteiger partial charge in [0.25, 0.3) is 0 Å². The molecule has 1 heterocycles. The number of nitrogens with two attached hydrogens (primary N) is 1. The summed E-state index contributed by atoms with van der Waals surface area (Å²) < 4.78 is 10.8. The van der Waals surface area contributed by atoms with Gasteiger partial charge in [0.05, 0.1) is 20.4 Å². The molecule has 0 aliphatic rings. The summed E-state index contributed by atoms with van der Waals surface area (Å²) in [6.07, 6.45) is 1.67. The van der Waals surface area contributed by atoms with Crippen LogP contribution in [-0.2, 0) is 0 Å². The van der Waals surface area contributed by atoms with E-state index in [9.17, 15) is 0 Å². The highest BCUT2D eigenvalue weighted by atomic mass is 16.5. The number of aromatic nitrogens is 2. The monoisotopic (exact) mass is 233 g/mol. The molecule has 5 nitrogen and oxygen atoms in total. The van der Waals surface area contributed by atoms with Crippen molar-refractivity contribution >= 4 is 5.82 Å². The first-order valence-corrected chi connectivity index (χ1v) is 5.19. The average molecular weight is 233 g/mol. The molecule has 0 spiro atoms. The van der Waals surface area contributed by atoms with Crippen molar-refractivity contribution in [2.24, 2.45) is 0 Å². The molecule has 2 rings (SSSR count). The van der Waals surface area contributed by atoms with E-state index in [0.717, 1.165) is 16.7 Å². The Morgan fingerprint density at radius 3 is 2.35 bits per heavy atom. The number of nitrogens with zero attached hydrogens (tertiary/aromatic N) is 1. The number of hydrogen-bond donors (Lipinski definition) is 2. The largest absolute Gasteiger partial charge is 0.493 e. The SMILES string of the molecule is COc1c(C)ccc(-c2cn[nH]c2N)c1OC. The quantitative estimate of drug-likeness (QED) is 0.850. The van der Waals surface area contributed by atoms with E-state index in [1.54, 1.807) is 20.4 Å². The minimum atomic E-state index is 0.509. The Morgan fingerprint density at radius 2 is 1.82 bits per heavy atom. The fraction of sp³-hybridized carbons (Fsp3) is 0.250. The van der Waals surface area contributed by atoms with Crippen LogP contribution in [0.1, 0.15) is 5.56 Å². The van der Waals surface area contributed by atoms with Crippen LogP contribution in [-0.4, -0.2) is 24.4 Å². The van der Waals surface area contributed by atoms with Crippen molar-refractivity contribution in [1.29, 1.82) is 0 Å². The highest BCUT2D eigenvalue weighted by Crippen LogP contribution is 2.41. The minimum absolute atomic E-state index is 0.509. The molecule has 5 heteroatoms. The maximum absolute atomic E-state index is 5.81. The predicted octanol–water partition coefficient (Wildman–Crippen LogP) is 1.98. The van der Waals surface area contributed by atoms with Gasteiger partial charge in [0.1, 0.15) is 5.82 Å². The molecule has 1 aromatic heterocycles. The summed E-state index contributed by atoms with van der Waals surface area (Å²) in [4.78, 5) is 0. The number of H-pyrrole nitrogens is 1. The second kappa shape index (κ2) is 4.37. The van der Waals surface area contributed by atoms with E-state index in [1.807, 2.05) is 19.1 Å². The van der Waals surface area contributed by atoms with Gasteiger partial charge in [-0.15, -0.1) is 0 Å². The molecule has 0 unspecified atom stereocenters. The van der Waals surface area contributed by atoms with Gasteiger partial charge in [-0.25, -0.2) is 0 Å². The van der Waals surface area contributed by atoms with Crippen molar-refractivity contribution in [3.8, 4) is 22.6 Å². The molecule has 0 saturated carbocycles. The van der Waals surface area contributed by atoms with Crippen molar-refractivity contribution in [1.82, 2.24) is 10.2 Å². The zero-order chi connectivity index (χ0) is 12.4. The van der Waals surface area contributed by atoms with Crippen LogP contribution >= 0.6 is 0 Å². The van der Waals surface area contributed by atoms with Crippen LogP contribution in [0.5, 0.6) is 11.5 Å². The number of nitrogen functional groups attached to an aromatic ring is 1. The summed E-state index contributed by atoms with van der Waals surface area (Å²) in [6.45, 7) is 1.96. The number of aryl methyl sites for hydroxylation is 1. The summed E-state index contributed by atoms with van der Waals surface area (Å²) in [7, 11) is 3.23. The Hall–Kier alpha value is -2.17. The molecule has 90 valence electrons. The Kier molecular flexibility index (Phi) is 2.91. The molecule has 0 radical (unpaired) electrons. The van der Waals surface area contributed by atoms with E-state index in [2.05, 4.69) is 10.2 Å². The maximum atomic E-state index is 5.81. The molecule has 0 aliphatic carbocycles. The molecule has 0 saturated heterocycles. The number of methoxy groups -OCH3 is 2. The van der Waals surface area contributed by atoms with Gasteiger partial charge in [0.15, 0.2) is 11.5 Å². The molecule has 17 heavy (non-hydrogen) atoms. The van der Waals surface area contributed by atoms with Crippen LogP contribution in [0.4, 0.5) is 5.82 Å². The number of aromatic amines is 1. The predicted molar refractivity (Wildman–Crippen MR) is 66.3 cm³/mol. The molecule has 0 amide bonds. The van der Waals surface area contributed by atoms with Crippen LogP contribution in [0.3, 0.4) is 0 Å². The Morgan fingerprint density at radius 1 is 1.12 bits per heavy atom. The molecule has 0 fully saturated rings. The van der Waals surface area contributed by atoms with E-state index in [4.69, 9.17) is 15.2 Å². The topological polar surface area (TPSA) is 73.2 Å². The van der Waals surface area contributed by atoms with Crippen LogP contribution in [0.2, 0.25) is 0 Å². The van der Waals surface area contributed by atoms with Crippen molar-refractivity contribution in [3.63, 3.8) is 0 Å². The molecule has 0 bridgehead atoms. The summed E-state index contributed by atoms with van der Waals surface area (Å²) in [5.74, 6) is 1.89.